The molecule has 0 saturated heterocycles. The predicted octanol–water partition coefficient (Wildman–Crippen LogP) is 3.48. The zero-order valence-electron chi connectivity index (χ0n) is 13.2. The van der Waals surface area contributed by atoms with Gasteiger partial charge in [0.15, 0.2) is 0 Å². The summed E-state index contributed by atoms with van der Waals surface area (Å²) >= 11 is 6.13. The number of anilines is 1. The van der Waals surface area contributed by atoms with Crippen molar-refractivity contribution in [3.8, 4) is 11.3 Å². The van der Waals surface area contributed by atoms with E-state index in [1.165, 1.54) is 12.4 Å². The number of aromatic nitrogens is 3. The second-order valence-electron chi connectivity index (χ2n) is 5.47. The lowest BCUT2D eigenvalue weighted by atomic mass is 10.1. The molecule has 0 aliphatic heterocycles. The van der Waals surface area contributed by atoms with E-state index < -0.39 is 5.91 Å². The molecule has 0 aliphatic carbocycles. The van der Waals surface area contributed by atoms with Crippen molar-refractivity contribution in [3.05, 3.63) is 76.0 Å². The number of rotatable bonds is 3. The molecule has 1 amide bonds. The van der Waals surface area contributed by atoms with Crippen molar-refractivity contribution in [2.75, 3.05) is 5.32 Å². The number of halogens is 1. The molecule has 2 N–H and O–H groups in total. The fourth-order valence-electron chi connectivity index (χ4n) is 2.52. The van der Waals surface area contributed by atoms with Crippen LogP contribution < -0.4 is 10.9 Å². The zero-order valence-corrected chi connectivity index (χ0v) is 13.9. The van der Waals surface area contributed by atoms with Crippen LogP contribution in [0.5, 0.6) is 0 Å². The van der Waals surface area contributed by atoms with E-state index in [0.717, 1.165) is 0 Å². The smallest absolute Gasteiger partial charge is 0.294 e. The Balaban J connectivity index is 1.60. The summed E-state index contributed by atoms with van der Waals surface area (Å²) < 4.78 is 5.12. The Morgan fingerprint density at radius 3 is 2.85 bits per heavy atom. The fourth-order valence-corrected chi connectivity index (χ4v) is 2.75. The Hall–Kier alpha value is -3.45. The van der Waals surface area contributed by atoms with Crippen molar-refractivity contribution in [2.24, 2.45) is 0 Å². The number of carbonyl (C=O) groups excluding carboxylic acids is 1. The number of hydrogen-bond donors (Lipinski definition) is 2. The number of hydrogen-bond acceptors (Lipinski definition) is 5. The number of nitrogens with zero attached hydrogens (tertiary/aromatic N) is 2. The maximum atomic E-state index is 12.4. The molecule has 0 radical (unpaired) electrons. The van der Waals surface area contributed by atoms with Crippen LogP contribution in [-0.2, 0) is 0 Å². The fraction of sp³-hybridized carbons (Fsp3) is 0. The highest BCUT2D eigenvalue weighted by Crippen LogP contribution is 2.27. The minimum atomic E-state index is -0.490. The number of fused-ring (bicyclic) bond motifs is 1. The number of nitrogens with one attached hydrogen (secondary N) is 2. The van der Waals surface area contributed by atoms with Crippen molar-refractivity contribution >= 4 is 34.1 Å². The van der Waals surface area contributed by atoms with Gasteiger partial charge in [-0.3, -0.25) is 9.59 Å². The van der Waals surface area contributed by atoms with E-state index in [1.54, 1.807) is 36.4 Å². The third kappa shape index (κ3) is 2.96. The average molecular weight is 367 g/mol. The van der Waals surface area contributed by atoms with Crippen molar-refractivity contribution in [2.45, 2.75) is 0 Å². The summed E-state index contributed by atoms with van der Waals surface area (Å²) in [5.74, 6) is -0.462. The Morgan fingerprint density at radius 1 is 1.15 bits per heavy atom. The third-order valence-electron chi connectivity index (χ3n) is 3.78. The summed E-state index contributed by atoms with van der Waals surface area (Å²) in [6.45, 7) is 0. The number of carbonyl (C=O) groups is 1. The maximum absolute atomic E-state index is 12.4. The van der Waals surface area contributed by atoms with Crippen LogP contribution in [0.25, 0.3) is 22.2 Å². The molecule has 8 heteroatoms. The molecule has 26 heavy (non-hydrogen) atoms. The first-order chi connectivity index (χ1) is 12.6. The first-order valence-corrected chi connectivity index (χ1v) is 8.00. The Labute approximate surface area is 151 Å². The summed E-state index contributed by atoms with van der Waals surface area (Å²) in [6, 6.07) is 13.5. The summed E-state index contributed by atoms with van der Waals surface area (Å²) in [5.41, 5.74) is 1.82. The molecule has 0 unspecified atom stereocenters. The van der Waals surface area contributed by atoms with Gasteiger partial charge in [0.25, 0.3) is 11.5 Å². The molecule has 2 aromatic heterocycles. The Bertz CT molecular complexity index is 1180. The molecule has 0 bridgehead atoms. The van der Waals surface area contributed by atoms with Gasteiger partial charge >= 0.3 is 0 Å². The van der Waals surface area contributed by atoms with E-state index >= 15 is 0 Å². The monoisotopic (exact) mass is 366 g/mol. The number of amides is 1. The van der Waals surface area contributed by atoms with Gasteiger partial charge in [-0.05, 0) is 24.3 Å². The van der Waals surface area contributed by atoms with Crippen LogP contribution in [0.3, 0.4) is 0 Å². The molecular formula is C18H11ClN4O3. The van der Waals surface area contributed by atoms with E-state index in [-0.39, 0.29) is 11.3 Å². The van der Waals surface area contributed by atoms with Gasteiger partial charge in [-0.15, -0.1) is 0 Å². The quantitative estimate of drug-likeness (QED) is 0.578. The highest BCUT2D eigenvalue weighted by molar-refractivity contribution is 6.33. The summed E-state index contributed by atoms with van der Waals surface area (Å²) in [5, 5.41) is 7.44. The van der Waals surface area contributed by atoms with E-state index in [4.69, 9.17) is 16.1 Å². The normalized spacial score (nSPS) is 10.8. The van der Waals surface area contributed by atoms with Crippen LogP contribution in [0, 0.1) is 0 Å². The molecular weight excluding hydrogens is 356 g/mol. The lowest BCUT2D eigenvalue weighted by molar-refractivity contribution is 0.0988. The molecule has 4 aromatic rings. The standard InChI is InChI=1S/C18H11ClN4O3/c19-13-4-2-1-3-11(13)15-8-16(26-23-15)18(25)22-10-5-6-14-12(7-10)17(24)21-9-20-14/h1-9H,(H,22,25)(H,20,21,24). The van der Waals surface area contributed by atoms with E-state index in [1.807, 2.05) is 6.07 Å². The molecule has 0 atom stereocenters. The minimum Gasteiger partial charge on any atom is -0.350 e. The lowest BCUT2D eigenvalue weighted by Crippen LogP contribution is -2.12. The average Bonchev–Trinajstić information content (AvgIpc) is 3.13. The molecule has 4 rings (SSSR count). The second kappa shape index (κ2) is 6.45. The van der Waals surface area contributed by atoms with Crippen LogP contribution in [0.15, 0.2) is 64.2 Å². The van der Waals surface area contributed by atoms with Gasteiger partial charge < -0.3 is 14.8 Å². The molecule has 2 aromatic carbocycles. The van der Waals surface area contributed by atoms with Crippen molar-refractivity contribution < 1.29 is 9.32 Å². The largest absolute Gasteiger partial charge is 0.350 e. The summed E-state index contributed by atoms with van der Waals surface area (Å²) in [7, 11) is 0. The SMILES string of the molecule is O=C(Nc1ccc2nc[nH]c(=O)c2c1)c1cc(-c2ccccc2Cl)no1. The molecule has 2 heterocycles. The van der Waals surface area contributed by atoms with Crippen LogP contribution in [0.4, 0.5) is 5.69 Å². The molecule has 128 valence electrons. The van der Waals surface area contributed by atoms with Gasteiger partial charge in [-0.2, -0.15) is 0 Å². The zero-order chi connectivity index (χ0) is 18.1. The number of aromatic amines is 1. The second-order valence-corrected chi connectivity index (χ2v) is 5.88. The molecule has 0 spiro atoms. The predicted molar refractivity (Wildman–Crippen MR) is 97.3 cm³/mol. The van der Waals surface area contributed by atoms with E-state index in [9.17, 15) is 9.59 Å². The van der Waals surface area contributed by atoms with E-state index in [2.05, 4.69) is 20.4 Å². The third-order valence-corrected chi connectivity index (χ3v) is 4.11. The lowest BCUT2D eigenvalue weighted by Gasteiger charge is -2.03. The molecule has 0 fully saturated rings. The van der Waals surface area contributed by atoms with Crippen LogP contribution in [-0.4, -0.2) is 21.0 Å². The van der Waals surface area contributed by atoms with Gasteiger partial charge in [-0.1, -0.05) is 35.0 Å². The molecule has 0 aliphatic rings. The van der Waals surface area contributed by atoms with Gasteiger partial charge in [-0.25, -0.2) is 4.98 Å². The first-order valence-electron chi connectivity index (χ1n) is 7.62. The van der Waals surface area contributed by atoms with Gasteiger partial charge in [0.05, 0.1) is 22.3 Å². The van der Waals surface area contributed by atoms with Crippen molar-refractivity contribution in [3.63, 3.8) is 0 Å². The van der Waals surface area contributed by atoms with Gasteiger partial charge in [0.2, 0.25) is 5.76 Å². The van der Waals surface area contributed by atoms with Crippen LogP contribution in [0.1, 0.15) is 10.6 Å². The minimum absolute atomic E-state index is 0.0279. The molecule has 7 nitrogen and oxygen atoms in total. The highest BCUT2D eigenvalue weighted by Gasteiger charge is 2.16. The maximum Gasteiger partial charge on any atom is 0.294 e. The molecule has 0 saturated carbocycles. The van der Waals surface area contributed by atoms with Crippen molar-refractivity contribution in [1.82, 2.24) is 15.1 Å². The van der Waals surface area contributed by atoms with Gasteiger partial charge in [0.1, 0.15) is 5.69 Å². The topological polar surface area (TPSA) is 101 Å². The first kappa shape index (κ1) is 16.0. The van der Waals surface area contributed by atoms with Crippen molar-refractivity contribution in [1.29, 1.82) is 0 Å². The highest BCUT2D eigenvalue weighted by atomic mass is 35.5. The van der Waals surface area contributed by atoms with Crippen LogP contribution >= 0.6 is 11.6 Å². The van der Waals surface area contributed by atoms with E-state index in [0.29, 0.717) is 32.9 Å². The van der Waals surface area contributed by atoms with Gasteiger partial charge in [0, 0.05) is 17.3 Å². The Kier molecular flexibility index (Phi) is 3.98. The van der Waals surface area contributed by atoms with Crippen LogP contribution in [0.2, 0.25) is 5.02 Å². The Morgan fingerprint density at radius 2 is 2.00 bits per heavy atom. The summed E-state index contributed by atoms with van der Waals surface area (Å²) in [6.07, 6.45) is 1.33. The number of H-pyrrole nitrogens is 1. The number of benzene rings is 2. The summed E-state index contributed by atoms with van der Waals surface area (Å²) in [4.78, 5) is 30.8.